The minimum atomic E-state index is 0.622. The molecular formula is C34H22ClGaN8. The third-order valence-corrected chi connectivity index (χ3v) is 8.18. The molecule has 2 radical (unpaired) electrons. The average molecular weight is 648 g/mol. The molecule has 0 unspecified atom stereocenters. The van der Waals surface area contributed by atoms with Gasteiger partial charge in [-0.15, -0.1) is 0 Å². The van der Waals surface area contributed by atoms with Crippen molar-refractivity contribution in [3.8, 4) is 45.6 Å². The van der Waals surface area contributed by atoms with Gasteiger partial charge in [-0.25, -0.2) is 29.9 Å². The molecule has 2 aliphatic heterocycles. The summed E-state index contributed by atoms with van der Waals surface area (Å²) in [6.45, 7) is 0. The topological polar surface area (TPSA) is 87.2 Å². The second-order valence-corrected chi connectivity index (χ2v) is 10.6. The molecule has 0 saturated heterocycles. The number of rotatable bonds is 0. The third-order valence-electron chi connectivity index (χ3n) is 8.18. The summed E-state index contributed by atoms with van der Waals surface area (Å²) in [7, 11) is 8.68. The van der Waals surface area contributed by atoms with Crippen molar-refractivity contribution in [3.63, 3.8) is 0 Å². The van der Waals surface area contributed by atoms with Gasteiger partial charge in [0.15, 0.2) is 23.3 Å². The standard InChI is InChI=1S/C34H22N8.ClH.Ga/c1-41-31-23-15-7-8-16-24(23)32(41)38-28-20-12-4-6-14-22(20)30(36-28)40-34-26-18-10-9-17-25(26)33(42(34)2)39-29-21-13-5-3-11-19(21)27(35-29)37-31;;/h3-18H,1-2H3;1H;/q;;+1/p-1. The van der Waals surface area contributed by atoms with Crippen LogP contribution in [0.25, 0.3) is 89.7 Å². The predicted molar refractivity (Wildman–Crippen MR) is 177 cm³/mol. The fraction of sp³-hybridized carbons (Fsp3) is 0.0588. The molecule has 208 valence electrons. The van der Waals surface area contributed by atoms with Crippen LogP contribution in [-0.4, -0.2) is 56.6 Å². The molecule has 3 aromatic heterocycles. The monoisotopic (exact) mass is 646 g/mol. The number of hydrogen-bond acceptors (Lipinski definition) is 6. The van der Waals surface area contributed by atoms with Gasteiger partial charge < -0.3 is 9.13 Å². The molecule has 9 rings (SSSR count). The van der Waals surface area contributed by atoms with E-state index in [9.17, 15) is 0 Å². The predicted octanol–water partition coefficient (Wildman–Crippen LogP) is 7.20. The maximum atomic E-state index is 5.16. The third kappa shape index (κ3) is 3.93. The fourth-order valence-corrected chi connectivity index (χ4v) is 6.14. The molecule has 5 heterocycles. The van der Waals surface area contributed by atoms with Crippen LogP contribution in [0.15, 0.2) is 97.1 Å². The van der Waals surface area contributed by atoms with Crippen molar-refractivity contribution in [1.29, 1.82) is 0 Å². The summed E-state index contributed by atoms with van der Waals surface area (Å²) >= 11 is 1.16. The minimum absolute atomic E-state index is 0.622. The van der Waals surface area contributed by atoms with E-state index in [1.165, 1.54) is 0 Å². The Morgan fingerprint density at radius 3 is 0.864 bits per heavy atom. The molecule has 2 aliphatic rings. The van der Waals surface area contributed by atoms with Gasteiger partial charge in [-0.05, 0) is 0 Å². The molecule has 0 N–H and O–H groups in total. The molecule has 0 spiro atoms. The molecule has 44 heavy (non-hydrogen) atoms. The van der Waals surface area contributed by atoms with Crippen molar-refractivity contribution >= 4 is 71.4 Å². The second-order valence-electron chi connectivity index (χ2n) is 10.6. The summed E-state index contributed by atoms with van der Waals surface area (Å²) in [6.07, 6.45) is 0. The SMILES string of the molecule is Cn1c2nc3nc(nc4c5ccccc5c(nc5nc(nc1c1ccccc12)-c1ccccc1-5)n4C)-c1ccccc1-3.[Cl][Ga]. The number of fused-ring (bicyclic) bond motifs is 20. The average Bonchev–Trinajstić information content (AvgIpc) is 3.76. The molecule has 0 amide bonds. The Labute approximate surface area is 266 Å². The molecule has 4 aromatic carbocycles. The van der Waals surface area contributed by atoms with E-state index in [1.807, 2.05) is 71.8 Å². The van der Waals surface area contributed by atoms with Crippen LogP contribution < -0.4 is 0 Å². The normalized spacial score (nSPS) is 11.6. The maximum absolute atomic E-state index is 5.16. The number of nitrogens with zero attached hydrogens (tertiary/aromatic N) is 8. The molecule has 0 fully saturated rings. The van der Waals surface area contributed by atoms with Gasteiger partial charge in [0.1, 0.15) is 22.6 Å². The van der Waals surface area contributed by atoms with Gasteiger partial charge in [0.05, 0.1) is 0 Å². The number of benzene rings is 4. The van der Waals surface area contributed by atoms with Gasteiger partial charge in [0.25, 0.3) is 0 Å². The van der Waals surface area contributed by atoms with Crippen LogP contribution in [-0.2, 0) is 14.1 Å². The molecule has 8 bridgehead atoms. The zero-order valence-electron chi connectivity index (χ0n) is 23.8. The van der Waals surface area contributed by atoms with Gasteiger partial charge in [-0.2, -0.15) is 0 Å². The van der Waals surface area contributed by atoms with E-state index < -0.39 is 0 Å². The first-order valence-corrected chi connectivity index (χ1v) is 17.2. The van der Waals surface area contributed by atoms with Crippen molar-refractivity contribution in [2.75, 3.05) is 0 Å². The summed E-state index contributed by atoms with van der Waals surface area (Å²) in [5.41, 5.74) is 6.89. The fourth-order valence-electron chi connectivity index (χ4n) is 6.14. The van der Waals surface area contributed by atoms with E-state index in [0.29, 0.717) is 23.3 Å². The van der Waals surface area contributed by atoms with Crippen LogP contribution in [0, 0.1) is 0 Å². The summed E-state index contributed by atoms with van der Waals surface area (Å²) in [5.74, 6) is 2.49. The van der Waals surface area contributed by atoms with Crippen LogP contribution in [0.5, 0.6) is 0 Å². The van der Waals surface area contributed by atoms with Crippen molar-refractivity contribution in [1.82, 2.24) is 39.0 Å². The van der Waals surface area contributed by atoms with Gasteiger partial charge >= 0.3 is 27.2 Å². The molecule has 0 saturated carbocycles. The first kappa shape index (κ1) is 26.8. The number of hydrogen-bond donors (Lipinski definition) is 0. The van der Waals surface area contributed by atoms with Crippen molar-refractivity contribution in [3.05, 3.63) is 97.1 Å². The molecule has 7 aromatic rings. The van der Waals surface area contributed by atoms with Crippen LogP contribution in [0.2, 0.25) is 0 Å². The zero-order chi connectivity index (χ0) is 29.9. The summed E-state index contributed by atoms with van der Waals surface area (Å²) < 4.78 is 4.04. The quantitative estimate of drug-likeness (QED) is 0.162. The van der Waals surface area contributed by atoms with Crippen LogP contribution in [0.1, 0.15) is 0 Å². The number of aryl methyl sites for hydroxylation is 2. The van der Waals surface area contributed by atoms with E-state index in [-0.39, 0.29) is 0 Å². The van der Waals surface area contributed by atoms with Crippen molar-refractivity contribution in [2.45, 2.75) is 0 Å². The summed E-state index contributed by atoms with van der Waals surface area (Å²) in [5, 5.41) is 3.97. The Morgan fingerprint density at radius 2 is 0.614 bits per heavy atom. The Bertz CT molecular complexity index is 2130. The van der Waals surface area contributed by atoms with E-state index in [4.69, 9.17) is 39.5 Å². The van der Waals surface area contributed by atoms with E-state index in [2.05, 4.69) is 48.5 Å². The molecule has 0 atom stereocenters. The summed E-state index contributed by atoms with van der Waals surface area (Å²) in [4.78, 5) is 30.6. The van der Waals surface area contributed by atoms with Crippen LogP contribution in [0.3, 0.4) is 0 Å². The second kappa shape index (κ2) is 10.4. The number of halogens is 1. The van der Waals surface area contributed by atoms with E-state index >= 15 is 0 Å². The van der Waals surface area contributed by atoms with Crippen molar-refractivity contribution < 1.29 is 0 Å². The van der Waals surface area contributed by atoms with E-state index in [1.54, 1.807) is 0 Å². The van der Waals surface area contributed by atoms with Gasteiger partial charge in [-0.3, -0.25) is 0 Å². The summed E-state index contributed by atoms with van der Waals surface area (Å²) in [6, 6.07) is 32.7. The van der Waals surface area contributed by atoms with Crippen LogP contribution >= 0.6 is 9.64 Å². The van der Waals surface area contributed by atoms with Crippen molar-refractivity contribution in [2.24, 2.45) is 14.1 Å². The van der Waals surface area contributed by atoms with Gasteiger partial charge in [0.2, 0.25) is 0 Å². The Hall–Kier alpha value is -4.83. The van der Waals surface area contributed by atoms with E-state index in [0.717, 1.165) is 84.0 Å². The first-order chi connectivity index (χ1) is 21.7. The molecule has 8 nitrogen and oxygen atoms in total. The van der Waals surface area contributed by atoms with Crippen LogP contribution in [0.4, 0.5) is 0 Å². The molecular weight excluding hydrogens is 626 g/mol. The van der Waals surface area contributed by atoms with Gasteiger partial charge in [-0.1, -0.05) is 97.1 Å². The molecule has 0 aliphatic carbocycles. The Morgan fingerprint density at radius 1 is 0.386 bits per heavy atom. The Kier molecular flexibility index (Phi) is 6.33. The molecule has 10 heteroatoms. The zero-order valence-corrected chi connectivity index (χ0v) is 26.9. The van der Waals surface area contributed by atoms with Gasteiger partial charge in [0, 0.05) is 57.9 Å². The first-order valence-electron chi connectivity index (χ1n) is 14.0. The Balaban J connectivity index is 0.00000142. The number of aromatic nitrogens is 8.